The number of fused-ring (bicyclic) bond motifs is 1. The molecule has 1 aromatic heterocycles. The van der Waals surface area contributed by atoms with Gasteiger partial charge in [-0.25, -0.2) is 0 Å². The van der Waals surface area contributed by atoms with Crippen molar-refractivity contribution in [3.63, 3.8) is 0 Å². The van der Waals surface area contributed by atoms with E-state index in [2.05, 4.69) is 22.1 Å². The highest BCUT2D eigenvalue weighted by molar-refractivity contribution is 5.27. The molecule has 104 valence electrons. The fourth-order valence-electron chi connectivity index (χ4n) is 3.77. The van der Waals surface area contributed by atoms with Crippen LogP contribution in [-0.4, -0.2) is 40.7 Å². The summed E-state index contributed by atoms with van der Waals surface area (Å²) in [4.78, 5) is 7.00. The first-order chi connectivity index (χ1) is 9.19. The Morgan fingerprint density at radius 3 is 3.05 bits per heavy atom. The van der Waals surface area contributed by atoms with E-state index in [0.29, 0.717) is 11.8 Å². The summed E-state index contributed by atoms with van der Waals surface area (Å²) in [6.45, 7) is 8.44. The first-order valence-electron chi connectivity index (χ1n) is 7.29. The van der Waals surface area contributed by atoms with Crippen LogP contribution in [-0.2, 0) is 6.54 Å². The maximum Gasteiger partial charge on any atom is 0.138 e. The van der Waals surface area contributed by atoms with Crippen LogP contribution in [0.5, 0.6) is 5.75 Å². The molecule has 19 heavy (non-hydrogen) atoms. The van der Waals surface area contributed by atoms with E-state index in [1.54, 1.807) is 6.07 Å². The summed E-state index contributed by atoms with van der Waals surface area (Å²) in [6.07, 6.45) is 1.18. The third kappa shape index (κ3) is 2.35. The first-order valence-corrected chi connectivity index (χ1v) is 7.29. The quantitative estimate of drug-likeness (QED) is 0.866. The minimum absolute atomic E-state index is 0.329. The van der Waals surface area contributed by atoms with Crippen LogP contribution in [0.1, 0.15) is 24.7 Å². The number of hydrogen-bond donors (Lipinski definition) is 2. The molecular weight excluding hydrogens is 238 g/mol. The second-order valence-corrected chi connectivity index (χ2v) is 5.91. The molecule has 0 aromatic carbocycles. The van der Waals surface area contributed by atoms with Crippen LogP contribution < -0.4 is 5.32 Å². The van der Waals surface area contributed by atoms with Gasteiger partial charge >= 0.3 is 0 Å². The zero-order valence-corrected chi connectivity index (χ0v) is 11.8. The monoisotopic (exact) mass is 261 g/mol. The fourth-order valence-corrected chi connectivity index (χ4v) is 3.77. The second kappa shape index (κ2) is 5.10. The van der Waals surface area contributed by atoms with Gasteiger partial charge in [-0.05, 0) is 50.4 Å². The second-order valence-electron chi connectivity index (χ2n) is 5.91. The molecule has 4 heteroatoms. The zero-order valence-electron chi connectivity index (χ0n) is 11.8. The Kier molecular flexibility index (Phi) is 3.46. The average molecular weight is 261 g/mol. The molecule has 3 unspecified atom stereocenters. The lowest BCUT2D eigenvalue weighted by Gasteiger charge is -2.26. The molecule has 3 atom stereocenters. The van der Waals surface area contributed by atoms with E-state index < -0.39 is 0 Å². The highest BCUT2D eigenvalue weighted by atomic mass is 16.3. The minimum Gasteiger partial charge on any atom is -0.506 e. The minimum atomic E-state index is 0.329. The molecule has 0 spiro atoms. The van der Waals surface area contributed by atoms with Crippen LogP contribution in [0.2, 0.25) is 0 Å². The van der Waals surface area contributed by atoms with E-state index in [-0.39, 0.29) is 0 Å². The third-order valence-electron chi connectivity index (χ3n) is 4.68. The third-order valence-corrected chi connectivity index (χ3v) is 4.68. The van der Waals surface area contributed by atoms with Gasteiger partial charge in [0.25, 0.3) is 0 Å². The summed E-state index contributed by atoms with van der Waals surface area (Å²) in [5.74, 6) is 1.88. The Morgan fingerprint density at radius 2 is 2.26 bits per heavy atom. The summed E-state index contributed by atoms with van der Waals surface area (Å²) < 4.78 is 0. The van der Waals surface area contributed by atoms with Gasteiger partial charge in [0.2, 0.25) is 0 Å². The molecule has 0 saturated carbocycles. The van der Waals surface area contributed by atoms with E-state index in [1.807, 2.05) is 13.0 Å². The molecule has 0 aliphatic carbocycles. The van der Waals surface area contributed by atoms with E-state index in [9.17, 15) is 5.11 Å². The molecule has 3 rings (SSSR count). The number of hydrogen-bond acceptors (Lipinski definition) is 4. The highest BCUT2D eigenvalue weighted by Gasteiger charge is 2.43. The van der Waals surface area contributed by atoms with Gasteiger partial charge < -0.3 is 10.4 Å². The fraction of sp³-hybridized carbons (Fsp3) is 0.667. The van der Waals surface area contributed by atoms with Crippen molar-refractivity contribution in [1.29, 1.82) is 0 Å². The number of likely N-dealkylation sites (tertiary alicyclic amines) is 1. The molecular formula is C15H23N3O. The number of pyridine rings is 1. The number of nitrogens with one attached hydrogen (secondary N) is 1. The van der Waals surface area contributed by atoms with Gasteiger partial charge in [0, 0.05) is 24.8 Å². The maximum atomic E-state index is 9.96. The van der Waals surface area contributed by atoms with Crippen molar-refractivity contribution in [3.05, 3.63) is 23.5 Å². The van der Waals surface area contributed by atoms with Crippen LogP contribution in [0.15, 0.2) is 12.1 Å². The van der Waals surface area contributed by atoms with Gasteiger partial charge in [-0.15, -0.1) is 0 Å². The molecule has 3 heterocycles. The molecule has 4 nitrogen and oxygen atoms in total. The Labute approximate surface area is 114 Å². The predicted molar refractivity (Wildman–Crippen MR) is 75.0 cm³/mol. The van der Waals surface area contributed by atoms with Gasteiger partial charge in [-0.3, -0.25) is 9.88 Å². The van der Waals surface area contributed by atoms with E-state index in [4.69, 9.17) is 0 Å². The Balaban J connectivity index is 1.77. The molecule has 0 bridgehead atoms. The lowest BCUT2D eigenvalue weighted by atomic mass is 9.93. The molecule has 1 aromatic rings. The number of aromatic nitrogens is 1. The molecule has 0 amide bonds. The van der Waals surface area contributed by atoms with E-state index in [0.717, 1.165) is 49.4 Å². The summed E-state index contributed by atoms with van der Waals surface area (Å²) in [5.41, 5.74) is 1.80. The largest absolute Gasteiger partial charge is 0.506 e. The Morgan fingerprint density at radius 1 is 1.42 bits per heavy atom. The molecule has 2 N–H and O–H groups in total. The van der Waals surface area contributed by atoms with Crippen molar-refractivity contribution in [2.75, 3.05) is 19.6 Å². The molecule has 2 aliphatic rings. The first kappa shape index (κ1) is 12.9. The number of aromatic hydroxyl groups is 1. The smallest absolute Gasteiger partial charge is 0.138 e. The lowest BCUT2D eigenvalue weighted by molar-refractivity contribution is 0.205. The molecule has 0 radical (unpaired) electrons. The van der Waals surface area contributed by atoms with Gasteiger partial charge in [0.05, 0.1) is 5.69 Å². The number of nitrogens with zero attached hydrogens (tertiary/aromatic N) is 2. The number of aryl methyl sites for hydroxylation is 1. The van der Waals surface area contributed by atoms with Crippen LogP contribution in [0.4, 0.5) is 0 Å². The Hall–Kier alpha value is -1.13. The van der Waals surface area contributed by atoms with Gasteiger partial charge in [0.1, 0.15) is 5.75 Å². The molecule has 2 fully saturated rings. The standard InChI is InChI=1S/C15H23N3O/c1-3-14-12-7-16-6-11(12)8-18(14)9-13-15(19)5-4-10(2)17-13/h4-5,11-12,14,16,19H,3,6-9H2,1-2H3. The molecule has 2 aliphatic heterocycles. The van der Waals surface area contributed by atoms with E-state index >= 15 is 0 Å². The van der Waals surface area contributed by atoms with Crippen molar-refractivity contribution < 1.29 is 5.11 Å². The maximum absolute atomic E-state index is 9.96. The normalized spacial score (nSPS) is 30.7. The van der Waals surface area contributed by atoms with Crippen molar-refractivity contribution in [2.24, 2.45) is 11.8 Å². The van der Waals surface area contributed by atoms with Crippen molar-refractivity contribution in [2.45, 2.75) is 32.9 Å². The van der Waals surface area contributed by atoms with Crippen molar-refractivity contribution >= 4 is 0 Å². The summed E-state index contributed by atoms with van der Waals surface area (Å²) in [6, 6.07) is 4.25. The lowest BCUT2D eigenvalue weighted by Crippen LogP contribution is -2.34. The van der Waals surface area contributed by atoms with Crippen molar-refractivity contribution in [3.8, 4) is 5.75 Å². The van der Waals surface area contributed by atoms with Crippen LogP contribution in [0.3, 0.4) is 0 Å². The number of rotatable bonds is 3. The topological polar surface area (TPSA) is 48.4 Å². The van der Waals surface area contributed by atoms with Gasteiger partial charge in [-0.1, -0.05) is 6.92 Å². The van der Waals surface area contributed by atoms with Gasteiger partial charge in [0.15, 0.2) is 0 Å². The highest BCUT2D eigenvalue weighted by Crippen LogP contribution is 2.35. The predicted octanol–water partition coefficient (Wildman–Crippen LogP) is 1.53. The summed E-state index contributed by atoms with van der Waals surface area (Å²) in [7, 11) is 0. The van der Waals surface area contributed by atoms with Crippen LogP contribution >= 0.6 is 0 Å². The summed E-state index contributed by atoms with van der Waals surface area (Å²) >= 11 is 0. The van der Waals surface area contributed by atoms with Crippen LogP contribution in [0, 0.1) is 18.8 Å². The van der Waals surface area contributed by atoms with Crippen LogP contribution in [0.25, 0.3) is 0 Å². The van der Waals surface area contributed by atoms with Crippen molar-refractivity contribution in [1.82, 2.24) is 15.2 Å². The average Bonchev–Trinajstić information content (AvgIpc) is 2.94. The van der Waals surface area contributed by atoms with Gasteiger partial charge in [-0.2, -0.15) is 0 Å². The SMILES string of the molecule is CCC1C2CNCC2CN1Cc1nc(C)ccc1O. The Bertz CT molecular complexity index is 463. The van der Waals surface area contributed by atoms with E-state index in [1.165, 1.54) is 6.42 Å². The molecule has 2 saturated heterocycles. The zero-order chi connectivity index (χ0) is 13.4. The summed E-state index contributed by atoms with van der Waals surface area (Å²) in [5, 5.41) is 13.5.